The van der Waals surface area contributed by atoms with Crippen LogP contribution in [0.2, 0.25) is 0 Å². The predicted octanol–water partition coefficient (Wildman–Crippen LogP) is 0.396. The minimum atomic E-state index is -0.201. The maximum atomic E-state index is 11.9. The lowest BCUT2D eigenvalue weighted by Gasteiger charge is -2.17. The third-order valence-corrected chi connectivity index (χ3v) is 3.15. The van der Waals surface area contributed by atoms with Gasteiger partial charge in [0.1, 0.15) is 0 Å². The average Bonchev–Trinajstić information content (AvgIpc) is 2.68. The molecule has 0 bridgehead atoms. The minimum Gasteiger partial charge on any atom is -0.383 e. The van der Waals surface area contributed by atoms with Crippen LogP contribution in [0.15, 0.2) is 0 Å². The zero-order valence-corrected chi connectivity index (χ0v) is 10.9. The number of methoxy groups -OCH3 is 1. The van der Waals surface area contributed by atoms with Crippen LogP contribution in [0, 0.1) is 5.92 Å². The van der Waals surface area contributed by atoms with Crippen LogP contribution in [0.3, 0.4) is 0 Å². The molecule has 0 aromatic carbocycles. The SMILES string of the molecule is CCC(C)NC(=O)C1CC(=O)N(CCOC)C1. The van der Waals surface area contributed by atoms with Gasteiger partial charge in [-0.3, -0.25) is 9.59 Å². The Morgan fingerprint density at radius 3 is 2.94 bits per heavy atom. The van der Waals surface area contributed by atoms with Gasteiger partial charge >= 0.3 is 0 Å². The molecule has 0 aliphatic carbocycles. The van der Waals surface area contributed by atoms with Gasteiger partial charge in [0.05, 0.1) is 12.5 Å². The van der Waals surface area contributed by atoms with Crippen molar-refractivity contribution in [1.29, 1.82) is 0 Å². The van der Waals surface area contributed by atoms with Crippen LogP contribution < -0.4 is 5.32 Å². The summed E-state index contributed by atoms with van der Waals surface area (Å²) in [6.45, 7) is 5.60. The van der Waals surface area contributed by atoms with Crippen molar-refractivity contribution >= 4 is 11.8 Å². The Hall–Kier alpha value is -1.10. The minimum absolute atomic E-state index is 0.00684. The first-order chi connectivity index (χ1) is 8.08. The Balaban J connectivity index is 2.42. The molecule has 1 fully saturated rings. The van der Waals surface area contributed by atoms with E-state index in [0.29, 0.717) is 26.1 Å². The summed E-state index contributed by atoms with van der Waals surface area (Å²) in [4.78, 5) is 25.2. The molecule has 1 aliphatic heterocycles. The number of amides is 2. The van der Waals surface area contributed by atoms with E-state index < -0.39 is 0 Å². The zero-order chi connectivity index (χ0) is 12.8. The molecule has 0 aromatic rings. The van der Waals surface area contributed by atoms with Crippen LogP contribution in [0.25, 0.3) is 0 Å². The summed E-state index contributed by atoms with van der Waals surface area (Å²) in [5, 5.41) is 2.92. The van der Waals surface area contributed by atoms with Crippen molar-refractivity contribution in [2.75, 3.05) is 26.8 Å². The summed E-state index contributed by atoms with van der Waals surface area (Å²) < 4.78 is 4.94. The van der Waals surface area contributed by atoms with E-state index in [1.165, 1.54) is 0 Å². The Bertz CT molecular complexity index is 281. The van der Waals surface area contributed by atoms with Crippen molar-refractivity contribution in [2.45, 2.75) is 32.7 Å². The summed E-state index contributed by atoms with van der Waals surface area (Å²) in [5.41, 5.74) is 0. The molecule has 0 spiro atoms. The number of nitrogens with zero attached hydrogens (tertiary/aromatic N) is 1. The first kappa shape index (κ1) is 14.0. The van der Waals surface area contributed by atoms with Gasteiger partial charge in [-0.25, -0.2) is 0 Å². The van der Waals surface area contributed by atoms with Crippen molar-refractivity contribution in [2.24, 2.45) is 5.92 Å². The zero-order valence-electron chi connectivity index (χ0n) is 10.9. The van der Waals surface area contributed by atoms with Crippen LogP contribution in [-0.2, 0) is 14.3 Å². The third-order valence-electron chi connectivity index (χ3n) is 3.15. The molecule has 1 rings (SSSR count). The van der Waals surface area contributed by atoms with Crippen LogP contribution in [0.1, 0.15) is 26.7 Å². The number of likely N-dealkylation sites (tertiary alicyclic amines) is 1. The maximum absolute atomic E-state index is 11.9. The van der Waals surface area contributed by atoms with Crippen molar-refractivity contribution in [1.82, 2.24) is 10.2 Å². The monoisotopic (exact) mass is 242 g/mol. The van der Waals surface area contributed by atoms with Gasteiger partial charge in [-0.1, -0.05) is 6.92 Å². The highest BCUT2D eigenvalue weighted by Gasteiger charge is 2.34. The van der Waals surface area contributed by atoms with Crippen LogP contribution in [0.5, 0.6) is 0 Å². The molecular weight excluding hydrogens is 220 g/mol. The largest absolute Gasteiger partial charge is 0.383 e. The fourth-order valence-corrected chi connectivity index (χ4v) is 1.83. The van der Waals surface area contributed by atoms with Crippen LogP contribution in [0.4, 0.5) is 0 Å². The Labute approximate surface area is 102 Å². The van der Waals surface area contributed by atoms with Gasteiger partial charge in [-0.2, -0.15) is 0 Å². The number of nitrogens with one attached hydrogen (secondary N) is 1. The molecule has 0 aromatic heterocycles. The highest BCUT2D eigenvalue weighted by Crippen LogP contribution is 2.17. The van der Waals surface area contributed by atoms with E-state index in [-0.39, 0.29) is 23.8 Å². The second-order valence-electron chi connectivity index (χ2n) is 4.55. The fraction of sp³-hybridized carbons (Fsp3) is 0.833. The number of hydrogen-bond donors (Lipinski definition) is 1. The molecule has 5 nitrogen and oxygen atoms in total. The summed E-state index contributed by atoms with van der Waals surface area (Å²) in [5.74, 6) is -0.160. The molecule has 5 heteroatoms. The lowest BCUT2D eigenvalue weighted by Crippen LogP contribution is -2.38. The van der Waals surface area contributed by atoms with Crippen molar-refractivity contribution < 1.29 is 14.3 Å². The lowest BCUT2D eigenvalue weighted by molar-refractivity contribution is -0.129. The Morgan fingerprint density at radius 1 is 1.65 bits per heavy atom. The Kier molecular flexibility index (Phi) is 5.41. The van der Waals surface area contributed by atoms with Gasteiger partial charge in [0.25, 0.3) is 0 Å². The second kappa shape index (κ2) is 6.59. The molecule has 2 unspecified atom stereocenters. The fourth-order valence-electron chi connectivity index (χ4n) is 1.83. The quantitative estimate of drug-likeness (QED) is 0.733. The average molecular weight is 242 g/mol. The second-order valence-corrected chi connectivity index (χ2v) is 4.55. The number of rotatable bonds is 6. The van der Waals surface area contributed by atoms with E-state index in [4.69, 9.17) is 4.74 Å². The highest BCUT2D eigenvalue weighted by atomic mass is 16.5. The lowest BCUT2D eigenvalue weighted by atomic mass is 10.1. The third kappa shape index (κ3) is 4.00. The van der Waals surface area contributed by atoms with E-state index in [2.05, 4.69) is 5.32 Å². The maximum Gasteiger partial charge on any atom is 0.225 e. The molecule has 98 valence electrons. The number of carbonyl (C=O) groups excluding carboxylic acids is 2. The number of hydrogen-bond acceptors (Lipinski definition) is 3. The number of ether oxygens (including phenoxy) is 1. The molecule has 0 radical (unpaired) electrons. The number of carbonyl (C=O) groups is 2. The highest BCUT2D eigenvalue weighted by molar-refractivity contribution is 5.89. The smallest absolute Gasteiger partial charge is 0.225 e. The first-order valence-electron chi connectivity index (χ1n) is 6.15. The van der Waals surface area contributed by atoms with Gasteiger partial charge in [0.2, 0.25) is 11.8 Å². The van der Waals surface area contributed by atoms with Gasteiger partial charge in [0, 0.05) is 32.7 Å². The molecular formula is C12H22N2O3. The molecule has 0 saturated carbocycles. The molecule has 2 atom stereocenters. The van der Waals surface area contributed by atoms with Crippen molar-refractivity contribution in [3.05, 3.63) is 0 Å². The summed E-state index contributed by atoms with van der Waals surface area (Å²) in [7, 11) is 1.60. The van der Waals surface area contributed by atoms with Gasteiger partial charge in [-0.05, 0) is 13.3 Å². The molecule has 1 heterocycles. The van der Waals surface area contributed by atoms with Crippen LogP contribution >= 0.6 is 0 Å². The van der Waals surface area contributed by atoms with Gasteiger partial charge in [0.15, 0.2) is 0 Å². The molecule has 1 saturated heterocycles. The van der Waals surface area contributed by atoms with Crippen molar-refractivity contribution in [3.8, 4) is 0 Å². The standard InChI is InChI=1S/C12H22N2O3/c1-4-9(2)13-12(16)10-7-11(15)14(8-10)5-6-17-3/h9-10H,4-8H2,1-3H3,(H,13,16). The summed E-state index contributed by atoms with van der Waals surface area (Å²) in [6, 6.07) is 0.172. The Morgan fingerprint density at radius 2 is 2.35 bits per heavy atom. The molecule has 2 amide bonds. The van der Waals surface area contributed by atoms with Gasteiger partial charge in [-0.15, -0.1) is 0 Å². The van der Waals surface area contributed by atoms with Crippen molar-refractivity contribution in [3.63, 3.8) is 0 Å². The van der Waals surface area contributed by atoms with E-state index in [1.54, 1.807) is 12.0 Å². The normalized spacial score (nSPS) is 21.7. The van der Waals surface area contributed by atoms with Crippen LogP contribution in [-0.4, -0.2) is 49.6 Å². The summed E-state index contributed by atoms with van der Waals surface area (Å²) >= 11 is 0. The predicted molar refractivity (Wildman–Crippen MR) is 64.5 cm³/mol. The topological polar surface area (TPSA) is 58.6 Å². The summed E-state index contributed by atoms with van der Waals surface area (Å²) in [6.07, 6.45) is 1.23. The van der Waals surface area contributed by atoms with Gasteiger partial charge < -0.3 is 15.0 Å². The molecule has 17 heavy (non-hydrogen) atoms. The van der Waals surface area contributed by atoms with E-state index >= 15 is 0 Å². The van der Waals surface area contributed by atoms with E-state index in [0.717, 1.165) is 6.42 Å². The van der Waals surface area contributed by atoms with E-state index in [9.17, 15) is 9.59 Å². The molecule has 1 N–H and O–H groups in total. The molecule has 1 aliphatic rings. The van der Waals surface area contributed by atoms with E-state index in [1.807, 2.05) is 13.8 Å². The first-order valence-corrected chi connectivity index (χ1v) is 6.15.